The number of furan rings is 1. The van der Waals surface area contributed by atoms with E-state index in [1.165, 1.54) is 12.8 Å². The molecule has 3 aromatic heterocycles. The van der Waals surface area contributed by atoms with E-state index in [9.17, 15) is 4.79 Å². The summed E-state index contributed by atoms with van der Waals surface area (Å²) < 4.78 is 15.8. The predicted octanol–water partition coefficient (Wildman–Crippen LogP) is 3.77. The molecule has 0 bridgehead atoms. The van der Waals surface area contributed by atoms with Crippen LogP contribution in [0.25, 0.3) is 33.7 Å². The molecule has 2 aliphatic rings. The molecular formula is C25H29N5O3. The van der Waals surface area contributed by atoms with Gasteiger partial charge in [0.2, 0.25) is 5.71 Å². The smallest absolute Gasteiger partial charge is 0.254 e. The normalized spacial score (nSPS) is 19.0. The summed E-state index contributed by atoms with van der Waals surface area (Å²) in [5.41, 5.74) is 10.2. The number of carbonyl (C=O) groups excluding carboxylic acids is 1. The van der Waals surface area contributed by atoms with E-state index in [1.54, 1.807) is 13.4 Å². The van der Waals surface area contributed by atoms with Gasteiger partial charge in [0.25, 0.3) is 5.91 Å². The summed E-state index contributed by atoms with van der Waals surface area (Å²) >= 11 is 0. The molecule has 1 aromatic carbocycles. The quantitative estimate of drug-likeness (QED) is 0.503. The van der Waals surface area contributed by atoms with Gasteiger partial charge in [-0.2, -0.15) is 0 Å². The van der Waals surface area contributed by atoms with Crippen molar-refractivity contribution in [2.75, 3.05) is 20.2 Å². The van der Waals surface area contributed by atoms with Crippen molar-refractivity contribution in [2.24, 2.45) is 18.7 Å². The molecule has 1 amide bonds. The highest BCUT2D eigenvalue weighted by Gasteiger charge is 2.28. The number of carbonyl (C=O) groups is 1. The van der Waals surface area contributed by atoms with Gasteiger partial charge in [-0.1, -0.05) is 0 Å². The van der Waals surface area contributed by atoms with Crippen molar-refractivity contribution in [3.05, 3.63) is 36.1 Å². The first-order chi connectivity index (χ1) is 16.0. The van der Waals surface area contributed by atoms with Crippen molar-refractivity contribution < 1.29 is 13.9 Å². The maximum Gasteiger partial charge on any atom is 0.254 e. The van der Waals surface area contributed by atoms with Crippen molar-refractivity contribution in [1.82, 2.24) is 19.0 Å². The first-order valence-corrected chi connectivity index (χ1v) is 11.7. The van der Waals surface area contributed by atoms with Crippen LogP contribution < -0.4 is 10.5 Å². The number of nitrogens with zero attached hydrogens (tertiary/aromatic N) is 4. The highest BCUT2D eigenvalue weighted by Crippen LogP contribution is 2.38. The molecule has 1 aliphatic carbocycles. The van der Waals surface area contributed by atoms with Gasteiger partial charge in [-0.25, -0.2) is 4.98 Å². The topological polar surface area (TPSA) is 91.5 Å². The van der Waals surface area contributed by atoms with E-state index in [1.807, 2.05) is 30.1 Å². The maximum atomic E-state index is 13.2. The van der Waals surface area contributed by atoms with Gasteiger partial charge in [0.05, 0.1) is 24.6 Å². The molecule has 1 aliphatic heterocycles. The molecular weight excluding hydrogens is 418 g/mol. The minimum Gasteiger partial charge on any atom is -0.494 e. The number of amides is 1. The van der Waals surface area contributed by atoms with Crippen LogP contribution in [-0.4, -0.2) is 51.2 Å². The lowest BCUT2D eigenvalue weighted by Crippen LogP contribution is -2.45. The molecule has 1 saturated carbocycles. The molecule has 172 valence electrons. The average molecular weight is 448 g/mol. The van der Waals surface area contributed by atoms with Crippen LogP contribution in [0.4, 0.5) is 0 Å². The first-order valence-electron chi connectivity index (χ1n) is 11.7. The van der Waals surface area contributed by atoms with Crippen LogP contribution in [0, 0.1) is 5.92 Å². The highest BCUT2D eigenvalue weighted by molar-refractivity contribution is 6.00. The monoisotopic (exact) mass is 447 g/mol. The zero-order valence-electron chi connectivity index (χ0n) is 19.1. The third-order valence-electron chi connectivity index (χ3n) is 7.02. The van der Waals surface area contributed by atoms with Crippen LogP contribution in [0.2, 0.25) is 0 Å². The molecule has 2 fully saturated rings. The van der Waals surface area contributed by atoms with Gasteiger partial charge >= 0.3 is 0 Å². The predicted molar refractivity (Wildman–Crippen MR) is 126 cm³/mol. The van der Waals surface area contributed by atoms with Crippen molar-refractivity contribution in [3.63, 3.8) is 0 Å². The Labute approximate surface area is 191 Å². The molecule has 8 nitrogen and oxygen atoms in total. The van der Waals surface area contributed by atoms with Gasteiger partial charge in [-0.3, -0.25) is 4.79 Å². The number of hydrogen-bond acceptors (Lipinski definition) is 5. The summed E-state index contributed by atoms with van der Waals surface area (Å²) in [7, 11) is 3.63. The number of piperidine rings is 1. The molecule has 2 N–H and O–H groups in total. The minimum absolute atomic E-state index is 0.0211. The van der Waals surface area contributed by atoms with Gasteiger partial charge in [-0.15, -0.1) is 0 Å². The number of rotatable bonds is 5. The zero-order chi connectivity index (χ0) is 22.7. The number of methoxy groups -OCH3 is 1. The third-order valence-corrected chi connectivity index (χ3v) is 7.02. The van der Waals surface area contributed by atoms with E-state index in [4.69, 9.17) is 19.9 Å². The van der Waals surface area contributed by atoms with E-state index >= 15 is 0 Å². The van der Waals surface area contributed by atoms with Gasteiger partial charge in [-0.05, 0) is 55.9 Å². The molecule has 33 heavy (non-hydrogen) atoms. The van der Waals surface area contributed by atoms with Gasteiger partial charge in [0, 0.05) is 43.7 Å². The fourth-order valence-electron chi connectivity index (χ4n) is 5.10. The maximum absolute atomic E-state index is 13.2. The molecule has 0 spiro atoms. The minimum atomic E-state index is -0.0211. The number of imidazole rings is 1. The highest BCUT2D eigenvalue weighted by atomic mass is 16.5. The lowest BCUT2D eigenvalue weighted by Gasteiger charge is -2.30. The Balaban J connectivity index is 1.46. The summed E-state index contributed by atoms with van der Waals surface area (Å²) in [5, 5.41) is 1.07. The van der Waals surface area contributed by atoms with Crippen molar-refractivity contribution in [1.29, 1.82) is 0 Å². The van der Waals surface area contributed by atoms with Crippen molar-refractivity contribution in [3.8, 4) is 17.3 Å². The lowest BCUT2D eigenvalue weighted by atomic mass is 10.0. The lowest BCUT2D eigenvalue weighted by molar-refractivity contribution is 0.0708. The van der Waals surface area contributed by atoms with E-state index < -0.39 is 0 Å². The van der Waals surface area contributed by atoms with Gasteiger partial charge in [0.1, 0.15) is 11.3 Å². The average Bonchev–Trinajstić information content (AvgIpc) is 3.26. The summed E-state index contributed by atoms with van der Waals surface area (Å²) in [6.07, 6.45) is 6.13. The van der Waals surface area contributed by atoms with Crippen LogP contribution >= 0.6 is 0 Å². The summed E-state index contributed by atoms with van der Waals surface area (Å²) in [6.45, 7) is 2.24. The molecule has 8 heteroatoms. The number of aromatic nitrogens is 3. The first kappa shape index (κ1) is 20.4. The van der Waals surface area contributed by atoms with Crippen LogP contribution in [0.15, 0.2) is 34.9 Å². The molecule has 4 aromatic rings. The van der Waals surface area contributed by atoms with Crippen LogP contribution in [0.3, 0.4) is 0 Å². The molecule has 6 rings (SSSR count). The number of nitrogens with two attached hydrogens (primary N) is 1. The summed E-state index contributed by atoms with van der Waals surface area (Å²) in [4.78, 5) is 20.1. The standard InChI is InChI=1S/C25H29N5O3/c1-28-22-19(10-17(12-21(22)32-2)24(31)29-8-3-4-18(26)14-29)27-23(28)20-11-16-7-9-33-25(16)30(20)13-15-5-6-15/h7,9-12,15,18H,3-6,8,13-14,26H2,1-2H3. The second-order valence-corrected chi connectivity index (χ2v) is 9.46. The van der Waals surface area contributed by atoms with Crippen LogP contribution in [-0.2, 0) is 13.6 Å². The Bertz CT molecular complexity index is 1360. The van der Waals surface area contributed by atoms with E-state index in [0.29, 0.717) is 23.8 Å². The van der Waals surface area contributed by atoms with Gasteiger partial charge in [0.15, 0.2) is 5.82 Å². The molecule has 1 unspecified atom stereocenters. The second kappa shape index (κ2) is 7.66. The molecule has 4 heterocycles. The number of aryl methyl sites for hydroxylation is 1. The number of benzene rings is 1. The zero-order valence-corrected chi connectivity index (χ0v) is 19.1. The van der Waals surface area contributed by atoms with Crippen molar-refractivity contribution >= 4 is 28.0 Å². The van der Waals surface area contributed by atoms with Crippen LogP contribution in [0.1, 0.15) is 36.0 Å². The second-order valence-electron chi connectivity index (χ2n) is 9.46. The summed E-state index contributed by atoms with van der Waals surface area (Å²) in [5.74, 6) is 2.14. The van der Waals surface area contributed by atoms with E-state index in [0.717, 1.165) is 59.6 Å². The van der Waals surface area contributed by atoms with Gasteiger partial charge < -0.3 is 28.9 Å². The largest absolute Gasteiger partial charge is 0.494 e. The Morgan fingerprint density at radius 1 is 1.27 bits per heavy atom. The SMILES string of the molecule is COc1cc(C(=O)N2CCCC(N)C2)cc2nc(-c3cc4ccoc4n3CC3CC3)n(C)c12. The van der Waals surface area contributed by atoms with E-state index in [2.05, 4.69) is 15.2 Å². The Hall–Kier alpha value is -3.26. The summed E-state index contributed by atoms with van der Waals surface area (Å²) in [6, 6.07) is 7.86. The fourth-order valence-corrected chi connectivity index (χ4v) is 5.10. The Morgan fingerprint density at radius 3 is 2.88 bits per heavy atom. The molecule has 1 saturated heterocycles. The fraction of sp³-hybridized carbons (Fsp3) is 0.440. The molecule has 0 radical (unpaired) electrons. The number of ether oxygens (including phenoxy) is 1. The molecule has 1 atom stereocenters. The number of likely N-dealkylation sites (tertiary alicyclic amines) is 1. The third kappa shape index (κ3) is 3.40. The van der Waals surface area contributed by atoms with Crippen LogP contribution in [0.5, 0.6) is 5.75 Å². The number of fused-ring (bicyclic) bond motifs is 2. The number of hydrogen-bond donors (Lipinski definition) is 1. The Kier molecular flexibility index (Phi) is 4.72. The van der Waals surface area contributed by atoms with E-state index in [-0.39, 0.29) is 11.9 Å². The van der Waals surface area contributed by atoms with Crippen molar-refractivity contribution in [2.45, 2.75) is 38.3 Å². The Morgan fingerprint density at radius 2 is 2.12 bits per heavy atom.